The lowest BCUT2D eigenvalue weighted by Crippen LogP contribution is -2.45. The Balaban J connectivity index is 2.13. The summed E-state index contributed by atoms with van der Waals surface area (Å²) in [6, 6.07) is 9.14. The molecule has 0 spiro atoms. The number of imide groups is 1. The smallest absolute Gasteiger partial charge is 0.321 e. The number of allylic oxidation sites excluding steroid dienone is 1. The van der Waals surface area contributed by atoms with Crippen LogP contribution in [-0.4, -0.2) is 38.0 Å². The maximum Gasteiger partial charge on any atom is 0.321 e. The van der Waals surface area contributed by atoms with Crippen molar-refractivity contribution in [1.29, 1.82) is 0 Å². The van der Waals surface area contributed by atoms with Crippen molar-refractivity contribution in [2.24, 2.45) is 0 Å². The van der Waals surface area contributed by atoms with Gasteiger partial charge < -0.3 is 5.32 Å². The lowest BCUT2D eigenvalue weighted by atomic mass is 10.2. The molecule has 0 saturated carbocycles. The highest BCUT2D eigenvalue weighted by Gasteiger charge is 2.22. The molecule has 0 aliphatic carbocycles. The average Bonchev–Trinajstić information content (AvgIpc) is 2.97. The van der Waals surface area contributed by atoms with Crippen molar-refractivity contribution in [3.63, 3.8) is 0 Å². The van der Waals surface area contributed by atoms with E-state index in [0.717, 1.165) is 5.56 Å². The number of urea groups is 1. The third kappa shape index (κ3) is 5.19. The molecule has 0 bridgehead atoms. The van der Waals surface area contributed by atoms with Gasteiger partial charge in [-0.05, 0) is 20.8 Å². The first-order chi connectivity index (χ1) is 12.4. The molecule has 0 aliphatic heterocycles. The fourth-order valence-electron chi connectivity index (χ4n) is 2.19. The SMILES string of the molecule is C=CCn1c(S[C@H](C)C(=O)NC(=O)NC(C)C)nnc1-c1ccccc1. The summed E-state index contributed by atoms with van der Waals surface area (Å²) in [5.74, 6) is 0.320. The summed E-state index contributed by atoms with van der Waals surface area (Å²) >= 11 is 1.24. The Morgan fingerprint density at radius 1 is 1.23 bits per heavy atom. The number of benzene rings is 1. The number of hydrogen-bond acceptors (Lipinski definition) is 5. The van der Waals surface area contributed by atoms with Gasteiger partial charge in [-0.3, -0.25) is 14.7 Å². The van der Waals surface area contributed by atoms with Crippen molar-refractivity contribution in [2.75, 3.05) is 0 Å². The first-order valence-electron chi connectivity index (χ1n) is 8.30. The number of thioether (sulfide) groups is 1. The second-order valence-electron chi connectivity index (χ2n) is 5.95. The summed E-state index contributed by atoms with van der Waals surface area (Å²) in [7, 11) is 0. The minimum atomic E-state index is -0.510. The van der Waals surface area contributed by atoms with Crippen molar-refractivity contribution in [3.8, 4) is 11.4 Å². The van der Waals surface area contributed by atoms with E-state index in [0.29, 0.717) is 17.5 Å². The minimum absolute atomic E-state index is 0.0464. The number of amides is 3. The lowest BCUT2D eigenvalue weighted by molar-refractivity contribution is -0.119. The predicted molar refractivity (Wildman–Crippen MR) is 103 cm³/mol. The quantitative estimate of drug-likeness (QED) is 0.575. The van der Waals surface area contributed by atoms with E-state index in [2.05, 4.69) is 27.4 Å². The molecular weight excluding hydrogens is 350 g/mol. The Hall–Kier alpha value is -2.61. The molecule has 26 heavy (non-hydrogen) atoms. The Bertz CT molecular complexity index is 773. The zero-order chi connectivity index (χ0) is 19.1. The van der Waals surface area contributed by atoms with E-state index < -0.39 is 11.3 Å². The molecule has 7 nitrogen and oxygen atoms in total. The molecule has 8 heteroatoms. The summed E-state index contributed by atoms with van der Waals surface area (Å²) in [5, 5.41) is 13.5. The number of rotatable bonds is 7. The van der Waals surface area contributed by atoms with Crippen LogP contribution in [-0.2, 0) is 11.3 Å². The van der Waals surface area contributed by atoms with Gasteiger partial charge in [-0.1, -0.05) is 48.2 Å². The van der Waals surface area contributed by atoms with Gasteiger partial charge in [0, 0.05) is 18.2 Å². The van der Waals surface area contributed by atoms with Gasteiger partial charge in [-0.25, -0.2) is 4.79 Å². The van der Waals surface area contributed by atoms with Crippen molar-refractivity contribution in [1.82, 2.24) is 25.4 Å². The number of aromatic nitrogens is 3. The van der Waals surface area contributed by atoms with Crippen LogP contribution in [0.3, 0.4) is 0 Å². The third-order valence-corrected chi connectivity index (χ3v) is 4.45. The topological polar surface area (TPSA) is 88.9 Å². The highest BCUT2D eigenvalue weighted by Crippen LogP contribution is 2.26. The summed E-state index contributed by atoms with van der Waals surface area (Å²) in [6.07, 6.45) is 1.75. The van der Waals surface area contributed by atoms with Gasteiger partial charge in [0.15, 0.2) is 11.0 Å². The maximum absolute atomic E-state index is 12.2. The monoisotopic (exact) mass is 373 g/mol. The molecule has 0 fully saturated rings. The Morgan fingerprint density at radius 3 is 2.54 bits per heavy atom. The van der Waals surface area contributed by atoms with Crippen LogP contribution in [0.2, 0.25) is 0 Å². The summed E-state index contributed by atoms with van der Waals surface area (Å²) in [5.41, 5.74) is 0.933. The van der Waals surface area contributed by atoms with Crippen LogP contribution in [0.5, 0.6) is 0 Å². The van der Waals surface area contributed by atoms with Crippen LogP contribution in [0.4, 0.5) is 4.79 Å². The fraction of sp³-hybridized carbons (Fsp3) is 0.333. The van der Waals surface area contributed by atoms with Crippen LogP contribution in [0.15, 0.2) is 48.1 Å². The van der Waals surface area contributed by atoms with Crippen LogP contribution in [0.25, 0.3) is 11.4 Å². The average molecular weight is 373 g/mol. The van der Waals surface area contributed by atoms with Gasteiger partial charge >= 0.3 is 6.03 Å². The molecule has 0 radical (unpaired) electrons. The van der Waals surface area contributed by atoms with Crippen LogP contribution >= 0.6 is 11.8 Å². The van der Waals surface area contributed by atoms with E-state index in [-0.39, 0.29) is 11.9 Å². The van der Waals surface area contributed by atoms with E-state index in [9.17, 15) is 9.59 Å². The molecule has 2 aromatic rings. The molecule has 1 aromatic heterocycles. The zero-order valence-corrected chi connectivity index (χ0v) is 15.9. The van der Waals surface area contributed by atoms with Gasteiger partial charge in [0.2, 0.25) is 5.91 Å². The first kappa shape index (κ1) is 19.7. The highest BCUT2D eigenvalue weighted by molar-refractivity contribution is 8.00. The van der Waals surface area contributed by atoms with E-state index in [1.165, 1.54) is 11.8 Å². The molecule has 1 atom stereocenters. The zero-order valence-electron chi connectivity index (χ0n) is 15.1. The number of nitrogens with one attached hydrogen (secondary N) is 2. The van der Waals surface area contributed by atoms with Gasteiger partial charge in [0.05, 0.1) is 5.25 Å². The van der Waals surface area contributed by atoms with Crippen molar-refractivity contribution >= 4 is 23.7 Å². The van der Waals surface area contributed by atoms with Crippen LogP contribution in [0.1, 0.15) is 20.8 Å². The standard InChI is InChI=1S/C18H23N5O2S/c1-5-11-23-15(14-9-7-6-8-10-14)21-22-18(23)26-13(4)16(24)20-17(25)19-12(2)3/h5-10,12-13H,1,11H2,2-4H3,(H2,19,20,24,25)/t13-/m1/s1. The Labute approximate surface area is 157 Å². The van der Waals surface area contributed by atoms with Crippen LogP contribution < -0.4 is 10.6 Å². The first-order valence-corrected chi connectivity index (χ1v) is 9.17. The number of hydrogen-bond donors (Lipinski definition) is 2. The molecule has 2 rings (SSSR count). The van der Waals surface area contributed by atoms with Gasteiger partial charge in [0.1, 0.15) is 0 Å². The third-order valence-electron chi connectivity index (χ3n) is 3.37. The molecule has 2 N–H and O–H groups in total. The van der Waals surface area contributed by atoms with E-state index >= 15 is 0 Å². The fourth-order valence-corrected chi connectivity index (χ4v) is 3.05. The van der Waals surface area contributed by atoms with Crippen molar-refractivity contribution in [3.05, 3.63) is 43.0 Å². The Morgan fingerprint density at radius 2 is 1.92 bits per heavy atom. The molecular formula is C18H23N5O2S. The van der Waals surface area contributed by atoms with Crippen LogP contribution in [0, 0.1) is 0 Å². The molecule has 1 aromatic carbocycles. The van der Waals surface area contributed by atoms with Crippen molar-refractivity contribution < 1.29 is 9.59 Å². The van der Waals surface area contributed by atoms with Crippen molar-refractivity contribution in [2.45, 2.75) is 43.8 Å². The lowest BCUT2D eigenvalue weighted by Gasteiger charge is -2.13. The molecule has 0 saturated heterocycles. The molecule has 138 valence electrons. The molecule has 0 aliphatic rings. The summed E-state index contributed by atoms with van der Waals surface area (Å²) in [4.78, 5) is 23.9. The van der Waals surface area contributed by atoms with Gasteiger partial charge in [-0.15, -0.1) is 16.8 Å². The van der Waals surface area contributed by atoms with E-state index in [4.69, 9.17) is 0 Å². The number of carbonyl (C=O) groups excluding carboxylic acids is 2. The normalized spacial score (nSPS) is 11.8. The summed E-state index contributed by atoms with van der Waals surface area (Å²) in [6.45, 7) is 9.66. The largest absolute Gasteiger partial charge is 0.336 e. The highest BCUT2D eigenvalue weighted by atomic mass is 32.2. The molecule has 1 heterocycles. The Kier molecular flexibility index (Phi) is 6.97. The minimum Gasteiger partial charge on any atom is -0.336 e. The van der Waals surface area contributed by atoms with E-state index in [1.54, 1.807) is 13.0 Å². The number of nitrogens with zero attached hydrogens (tertiary/aromatic N) is 3. The summed E-state index contributed by atoms with van der Waals surface area (Å²) < 4.78 is 1.89. The second kappa shape index (κ2) is 9.19. The number of carbonyl (C=O) groups is 2. The van der Waals surface area contributed by atoms with Gasteiger partial charge in [0.25, 0.3) is 0 Å². The molecule has 3 amide bonds. The van der Waals surface area contributed by atoms with Gasteiger partial charge in [-0.2, -0.15) is 0 Å². The maximum atomic E-state index is 12.2. The molecule has 0 unspecified atom stereocenters. The second-order valence-corrected chi connectivity index (χ2v) is 7.26. The predicted octanol–water partition coefficient (Wildman–Crippen LogP) is 2.85. The van der Waals surface area contributed by atoms with E-state index in [1.807, 2.05) is 48.7 Å².